The number of hydrogen-bond donors (Lipinski definition) is 0. The molecule has 0 aliphatic rings. The molecule has 4 nitrogen and oxygen atoms in total. The molecule has 0 fully saturated rings. The second kappa shape index (κ2) is 8.97. The number of hydrogen-bond acceptors (Lipinski definition) is 4. The quantitative estimate of drug-likeness (QED) is 0.210. The molecule has 0 aromatic rings. The highest BCUT2D eigenvalue weighted by molar-refractivity contribution is 5.87. The zero-order chi connectivity index (χ0) is 12.4. The molecule has 0 aromatic heterocycles. The Morgan fingerprint density at radius 1 is 1.50 bits per heavy atom. The second-order valence-corrected chi connectivity index (χ2v) is 3.29. The summed E-state index contributed by atoms with van der Waals surface area (Å²) >= 11 is 0. The van der Waals surface area contributed by atoms with E-state index in [1.807, 2.05) is 6.92 Å². The Morgan fingerprint density at radius 2 is 2.19 bits per heavy atom. The van der Waals surface area contributed by atoms with E-state index in [2.05, 4.69) is 6.58 Å². The highest BCUT2D eigenvalue weighted by Gasteiger charge is 2.06. The van der Waals surface area contributed by atoms with Crippen molar-refractivity contribution >= 4 is 5.97 Å². The van der Waals surface area contributed by atoms with Crippen LogP contribution in [0.15, 0.2) is 24.5 Å². The van der Waals surface area contributed by atoms with Crippen LogP contribution in [0.4, 0.5) is 0 Å². The second-order valence-electron chi connectivity index (χ2n) is 3.29. The van der Waals surface area contributed by atoms with Crippen LogP contribution < -0.4 is 0 Å². The van der Waals surface area contributed by atoms with Crippen molar-refractivity contribution in [3.63, 3.8) is 0 Å². The molecule has 1 unspecified atom stereocenters. The van der Waals surface area contributed by atoms with Crippen LogP contribution in [0, 0.1) is 0 Å². The SMILES string of the molecule is C=CCOCC(C)OC=C(C)C(=O)OCC. The minimum Gasteiger partial charge on any atom is -0.495 e. The third-order valence-corrected chi connectivity index (χ3v) is 1.66. The number of carbonyl (C=O) groups is 1. The van der Waals surface area contributed by atoms with Gasteiger partial charge >= 0.3 is 5.97 Å². The highest BCUT2D eigenvalue weighted by atomic mass is 16.5. The van der Waals surface area contributed by atoms with Crippen molar-refractivity contribution in [1.29, 1.82) is 0 Å². The Hall–Kier alpha value is -1.29. The van der Waals surface area contributed by atoms with Crippen LogP contribution in [0.5, 0.6) is 0 Å². The largest absolute Gasteiger partial charge is 0.495 e. The monoisotopic (exact) mass is 228 g/mol. The van der Waals surface area contributed by atoms with Crippen molar-refractivity contribution in [3.8, 4) is 0 Å². The van der Waals surface area contributed by atoms with Crippen molar-refractivity contribution in [2.24, 2.45) is 0 Å². The molecule has 0 amide bonds. The van der Waals surface area contributed by atoms with Crippen molar-refractivity contribution in [2.75, 3.05) is 19.8 Å². The Bertz CT molecular complexity index is 245. The van der Waals surface area contributed by atoms with Gasteiger partial charge in [-0.1, -0.05) is 6.08 Å². The predicted molar refractivity (Wildman–Crippen MR) is 62.0 cm³/mol. The fraction of sp³-hybridized carbons (Fsp3) is 0.583. The fourth-order valence-electron chi connectivity index (χ4n) is 0.868. The van der Waals surface area contributed by atoms with Gasteiger partial charge in [0.1, 0.15) is 6.10 Å². The summed E-state index contributed by atoms with van der Waals surface area (Å²) in [5.74, 6) is -0.360. The number of esters is 1. The highest BCUT2D eigenvalue weighted by Crippen LogP contribution is 2.00. The zero-order valence-corrected chi connectivity index (χ0v) is 10.2. The first-order valence-corrected chi connectivity index (χ1v) is 5.29. The molecule has 0 saturated carbocycles. The van der Waals surface area contributed by atoms with E-state index >= 15 is 0 Å². The molecule has 1 atom stereocenters. The van der Waals surface area contributed by atoms with Crippen LogP contribution in [0.25, 0.3) is 0 Å². The summed E-state index contributed by atoms with van der Waals surface area (Å²) in [7, 11) is 0. The van der Waals surface area contributed by atoms with Gasteiger partial charge in [0.05, 0.1) is 31.7 Å². The third-order valence-electron chi connectivity index (χ3n) is 1.66. The molecular weight excluding hydrogens is 208 g/mol. The summed E-state index contributed by atoms with van der Waals surface area (Å²) in [5.41, 5.74) is 0.442. The summed E-state index contributed by atoms with van der Waals surface area (Å²) in [6, 6.07) is 0. The van der Waals surface area contributed by atoms with E-state index in [0.29, 0.717) is 25.4 Å². The first-order chi connectivity index (χ1) is 7.61. The minimum absolute atomic E-state index is 0.107. The Balaban J connectivity index is 3.86. The van der Waals surface area contributed by atoms with Crippen LogP contribution in [-0.2, 0) is 19.0 Å². The molecule has 0 spiro atoms. The maximum atomic E-state index is 11.2. The summed E-state index contributed by atoms with van der Waals surface area (Å²) < 4.78 is 15.3. The topological polar surface area (TPSA) is 44.8 Å². The van der Waals surface area contributed by atoms with Gasteiger partial charge < -0.3 is 14.2 Å². The van der Waals surface area contributed by atoms with Crippen LogP contribution in [0.1, 0.15) is 20.8 Å². The van der Waals surface area contributed by atoms with Crippen molar-refractivity contribution in [3.05, 3.63) is 24.5 Å². The van der Waals surface area contributed by atoms with E-state index in [4.69, 9.17) is 14.2 Å². The molecule has 0 saturated heterocycles. The molecule has 0 heterocycles. The van der Waals surface area contributed by atoms with E-state index in [1.54, 1.807) is 19.9 Å². The van der Waals surface area contributed by atoms with Gasteiger partial charge in [0.15, 0.2) is 0 Å². The van der Waals surface area contributed by atoms with E-state index in [9.17, 15) is 4.79 Å². The normalized spacial score (nSPS) is 13.1. The molecule has 0 bridgehead atoms. The van der Waals surface area contributed by atoms with Gasteiger partial charge in [-0.25, -0.2) is 4.79 Å². The molecule has 0 aliphatic heterocycles. The fourth-order valence-corrected chi connectivity index (χ4v) is 0.868. The Labute approximate surface area is 96.9 Å². The Morgan fingerprint density at radius 3 is 2.75 bits per heavy atom. The average molecular weight is 228 g/mol. The lowest BCUT2D eigenvalue weighted by Crippen LogP contribution is -2.14. The Kier molecular flexibility index (Phi) is 8.25. The molecule has 0 radical (unpaired) electrons. The summed E-state index contributed by atoms with van der Waals surface area (Å²) in [4.78, 5) is 11.2. The molecule has 0 rings (SSSR count). The lowest BCUT2D eigenvalue weighted by atomic mass is 10.3. The van der Waals surface area contributed by atoms with E-state index in [0.717, 1.165) is 0 Å². The van der Waals surface area contributed by atoms with Gasteiger partial charge in [0.25, 0.3) is 0 Å². The first-order valence-electron chi connectivity index (χ1n) is 5.29. The van der Waals surface area contributed by atoms with Crippen LogP contribution in [0.2, 0.25) is 0 Å². The van der Waals surface area contributed by atoms with Crippen molar-refractivity contribution in [1.82, 2.24) is 0 Å². The molecular formula is C12H20O4. The summed E-state index contributed by atoms with van der Waals surface area (Å²) in [5, 5.41) is 0. The molecule has 0 aliphatic carbocycles. The van der Waals surface area contributed by atoms with Gasteiger partial charge in [-0.3, -0.25) is 0 Å². The lowest BCUT2D eigenvalue weighted by molar-refractivity contribution is -0.138. The van der Waals surface area contributed by atoms with E-state index < -0.39 is 0 Å². The lowest BCUT2D eigenvalue weighted by Gasteiger charge is -2.11. The predicted octanol–water partition coefficient (Wildman–Crippen LogP) is 2.06. The average Bonchev–Trinajstić information content (AvgIpc) is 2.26. The van der Waals surface area contributed by atoms with Gasteiger partial charge in [0, 0.05) is 0 Å². The van der Waals surface area contributed by atoms with Crippen LogP contribution in [0.3, 0.4) is 0 Å². The third kappa shape index (κ3) is 7.06. The minimum atomic E-state index is -0.360. The van der Waals surface area contributed by atoms with Crippen molar-refractivity contribution < 1.29 is 19.0 Å². The van der Waals surface area contributed by atoms with Crippen molar-refractivity contribution in [2.45, 2.75) is 26.9 Å². The van der Waals surface area contributed by atoms with Gasteiger partial charge in [0.2, 0.25) is 0 Å². The van der Waals surface area contributed by atoms with E-state index in [-0.39, 0.29) is 12.1 Å². The number of rotatable bonds is 8. The molecule has 16 heavy (non-hydrogen) atoms. The molecule has 92 valence electrons. The summed E-state index contributed by atoms with van der Waals surface area (Å²) in [6.45, 7) is 10.1. The zero-order valence-electron chi connectivity index (χ0n) is 10.2. The number of carbonyl (C=O) groups excluding carboxylic acids is 1. The maximum Gasteiger partial charge on any atom is 0.336 e. The van der Waals surface area contributed by atoms with Crippen LogP contribution >= 0.6 is 0 Å². The number of ether oxygens (including phenoxy) is 3. The smallest absolute Gasteiger partial charge is 0.336 e. The van der Waals surface area contributed by atoms with Crippen LogP contribution in [-0.4, -0.2) is 31.9 Å². The molecule has 0 aromatic carbocycles. The first kappa shape index (κ1) is 14.7. The summed E-state index contributed by atoms with van der Waals surface area (Å²) in [6.07, 6.45) is 2.97. The molecule has 4 heteroatoms. The van der Waals surface area contributed by atoms with Gasteiger partial charge in [-0.15, -0.1) is 6.58 Å². The van der Waals surface area contributed by atoms with Gasteiger partial charge in [-0.2, -0.15) is 0 Å². The van der Waals surface area contributed by atoms with Gasteiger partial charge in [-0.05, 0) is 20.8 Å². The van der Waals surface area contributed by atoms with E-state index in [1.165, 1.54) is 6.26 Å². The molecule has 0 N–H and O–H groups in total. The maximum absolute atomic E-state index is 11.2. The standard InChI is InChI=1S/C12H20O4/c1-5-7-14-9-11(4)16-8-10(3)12(13)15-6-2/h5,8,11H,1,6-7,9H2,2-4H3.